The average Bonchev–Trinajstić information content (AvgIpc) is 2.46. The lowest BCUT2D eigenvalue weighted by Crippen LogP contribution is -2.54. The summed E-state index contributed by atoms with van der Waals surface area (Å²) >= 11 is 0. The number of ether oxygens (including phenoxy) is 1. The predicted octanol–water partition coefficient (Wildman–Crippen LogP) is 2.11. The quantitative estimate of drug-likeness (QED) is 0.854. The number of nitrogens with zero attached hydrogens (tertiary/aromatic N) is 2. The van der Waals surface area contributed by atoms with Gasteiger partial charge in [-0.15, -0.1) is 0 Å². The first kappa shape index (κ1) is 17.2. The van der Waals surface area contributed by atoms with Gasteiger partial charge in [0.2, 0.25) is 10.0 Å². The van der Waals surface area contributed by atoms with Gasteiger partial charge in [0.25, 0.3) is 0 Å². The van der Waals surface area contributed by atoms with Crippen LogP contribution < -0.4 is 4.74 Å². The molecule has 6 heteroatoms. The van der Waals surface area contributed by atoms with Gasteiger partial charge in [0.05, 0.1) is 12.0 Å². The van der Waals surface area contributed by atoms with Crippen LogP contribution >= 0.6 is 0 Å². The minimum Gasteiger partial charge on any atom is -0.497 e. The largest absolute Gasteiger partial charge is 0.497 e. The lowest BCUT2D eigenvalue weighted by molar-refractivity contribution is 0.0921. The summed E-state index contributed by atoms with van der Waals surface area (Å²) in [7, 11) is -1.86. The van der Waals surface area contributed by atoms with Crippen LogP contribution in [-0.4, -0.2) is 56.5 Å². The number of aryl methyl sites for hydroxylation is 1. The molecule has 0 radical (unpaired) electrons. The van der Waals surface area contributed by atoms with Gasteiger partial charge in [0.15, 0.2) is 0 Å². The normalized spacial score (nSPS) is 18.4. The van der Waals surface area contributed by atoms with Crippen LogP contribution in [0, 0.1) is 6.92 Å². The zero-order chi connectivity index (χ0) is 16.5. The average molecular weight is 326 g/mol. The summed E-state index contributed by atoms with van der Waals surface area (Å²) in [6, 6.07) is 5.10. The number of sulfonamides is 1. The fraction of sp³-hybridized carbons (Fsp3) is 0.625. The minimum atomic E-state index is -3.44. The summed E-state index contributed by atoms with van der Waals surface area (Å²) in [5.74, 6) is 0.675. The fourth-order valence-corrected chi connectivity index (χ4v) is 4.40. The molecule has 5 nitrogen and oxygen atoms in total. The molecule has 1 heterocycles. The fourth-order valence-electron chi connectivity index (χ4n) is 2.78. The van der Waals surface area contributed by atoms with Crippen molar-refractivity contribution >= 4 is 10.0 Å². The van der Waals surface area contributed by atoms with Crippen molar-refractivity contribution < 1.29 is 13.2 Å². The molecule has 0 atom stereocenters. The first-order valence-electron chi connectivity index (χ1n) is 7.56. The Kier molecular flexibility index (Phi) is 4.84. The molecular formula is C16H26N2O3S. The van der Waals surface area contributed by atoms with Crippen molar-refractivity contribution in [3.8, 4) is 5.75 Å². The van der Waals surface area contributed by atoms with E-state index in [1.165, 1.54) is 0 Å². The Morgan fingerprint density at radius 3 is 2.14 bits per heavy atom. The van der Waals surface area contributed by atoms with Crippen molar-refractivity contribution in [2.24, 2.45) is 0 Å². The zero-order valence-electron chi connectivity index (χ0n) is 14.1. The second-order valence-corrected chi connectivity index (χ2v) is 8.60. The lowest BCUT2D eigenvalue weighted by Gasteiger charge is -2.41. The van der Waals surface area contributed by atoms with Crippen molar-refractivity contribution in [1.82, 2.24) is 9.21 Å². The third-order valence-electron chi connectivity index (χ3n) is 4.19. The molecule has 2 rings (SSSR count). The molecule has 1 aromatic carbocycles. The van der Waals surface area contributed by atoms with Crippen molar-refractivity contribution in [1.29, 1.82) is 0 Å². The monoisotopic (exact) mass is 326 g/mol. The SMILES string of the molecule is COc1ccc(S(=O)(=O)N2CCN(C(C)(C)C)CC2)c(C)c1. The van der Waals surface area contributed by atoms with E-state index >= 15 is 0 Å². The molecule has 0 amide bonds. The van der Waals surface area contributed by atoms with Gasteiger partial charge in [-0.3, -0.25) is 4.90 Å². The molecule has 1 aliphatic rings. The Balaban J connectivity index is 2.19. The molecule has 0 aliphatic carbocycles. The molecule has 1 aliphatic heterocycles. The van der Waals surface area contributed by atoms with Gasteiger partial charge in [0.1, 0.15) is 5.75 Å². The number of hydrogen-bond donors (Lipinski definition) is 0. The zero-order valence-corrected chi connectivity index (χ0v) is 14.9. The van der Waals surface area contributed by atoms with Crippen LogP contribution in [-0.2, 0) is 10.0 Å². The summed E-state index contributed by atoms with van der Waals surface area (Å²) in [6.07, 6.45) is 0. The van der Waals surface area contributed by atoms with Crippen molar-refractivity contribution in [3.05, 3.63) is 23.8 Å². The highest BCUT2D eigenvalue weighted by atomic mass is 32.2. The Morgan fingerprint density at radius 2 is 1.68 bits per heavy atom. The van der Waals surface area contributed by atoms with Crippen molar-refractivity contribution in [2.75, 3.05) is 33.3 Å². The van der Waals surface area contributed by atoms with Gasteiger partial charge < -0.3 is 4.74 Å². The summed E-state index contributed by atoms with van der Waals surface area (Å²) in [4.78, 5) is 2.69. The van der Waals surface area contributed by atoms with Gasteiger partial charge in [0, 0.05) is 31.7 Å². The Bertz CT molecular complexity index is 627. The Morgan fingerprint density at radius 1 is 1.09 bits per heavy atom. The molecule has 0 bridgehead atoms. The third kappa shape index (κ3) is 3.45. The molecule has 22 heavy (non-hydrogen) atoms. The molecule has 124 valence electrons. The van der Waals surface area contributed by atoms with Crippen LogP contribution in [0.5, 0.6) is 5.75 Å². The minimum absolute atomic E-state index is 0.0753. The van der Waals surface area contributed by atoms with Crippen LogP contribution in [0.2, 0.25) is 0 Å². The van der Waals surface area contributed by atoms with Crippen LogP contribution in [0.1, 0.15) is 26.3 Å². The predicted molar refractivity (Wildman–Crippen MR) is 87.8 cm³/mol. The molecule has 0 saturated carbocycles. The van der Waals surface area contributed by atoms with E-state index in [4.69, 9.17) is 4.74 Å². The summed E-state index contributed by atoms with van der Waals surface area (Å²) in [6.45, 7) is 10.9. The molecule has 0 N–H and O–H groups in total. The Labute approximate surface area is 133 Å². The summed E-state index contributed by atoms with van der Waals surface area (Å²) in [5.41, 5.74) is 0.795. The lowest BCUT2D eigenvalue weighted by atomic mass is 10.1. The van der Waals surface area contributed by atoms with Crippen LogP contribution in [0.4, 0.5) is 0 Å². The molecule has 1 saturated heterocycles. The first-order chi connectivity index (χ1) is 10.2. The maximum absolute atomic E-state index is 12.8. The highest BCUT2D eigenvalue weighted by molar-refractivity contribution is 7.89. The topological polar surface area (TPSA) is 49.9 Å². The summed E-state index contributed by atoms with van der Waals surface area (Å²) < 4.78 is 32.4. The molecule has 0 aromatic heterocycles. The van der Waals surface area contributed by atoms with E-state index in [0.717, 1.165) is 18.7 Å². The van der Waals surface area contributed by atoms with E-state index in [9.17, 15) is 8.42 Å². The number of rotatable bonds is 3. The number of methoxy groups -OCH3 is 1. The van der Waals surface area contributed by atoms with Crippen LogP contribution in [0.15, 0.2) is 23.1 Å². The van der Waals surface area contributed by atoms with E-state index < -0.39 is 10.0 Å². The highest BCUT2D eigenvalue weighted by Crippen LogP contribution is 2.26. The molecule has 0 unspecified atom stereocenters. The Hall–Kier alpha value is -1.11. The van der Waals surface area contributed by atoms with Crippen molar-refractivity contribution in [2.45, 2.75) is 38.1 Å². The van der Waals surface area contributed by atoms with E-state index in [1.54, 1.807) is 36.5 Å². The number of benzene rings is 1. The van der Waals surface area contributed by atoms with E-state index in [2.05, 4.69) is 25.7 Å². The van der Waals surface area contributed by atoms with Crippen LogP contribution in [0.25, 0.3) is 0 Å². The van der Waals surface area contributed by atoms with Gasteiger partial charge in [-0.25, -0.2) is 8.42 Å². The number of piperazine rings is 1. The molecular weight excluding hydrogens is 300 g/mol. The molecule has 1 fully saturated rings. The van der Waals surface area contributed by atoms with Crippen molar-refractivity contribution in [3.63, 3.8) is 0 Å². The molecule has 1 aromatic rings. The van der Waals surface area contributed by atoms with E-state index in [1.807, 2.05) is 0 Å². The first-order valence-corrected chi connectivity index (χ1v) is 9.00. The smallest absolute Gasteiger partial charge is 0.243 e. The van der Waals surface area contributed by atoms with Gasteiger partial charge in [-0.05, 0) is 51.5 Å². The molecule has 0 spiro atoms. The second kappa shape index (κ2) is 6.18. The number of hydrogen-bond acceptors (Lipinski definition) is 4. The maximum Gasteiger partial charge on any atom is 0.243 e. The van der Waals surface area contributed by atoms with Gasteiger partial charge >= 0.3 is 0 Å². The second-order valence-electron chi connectivity index (χ2n) is 6.69. The third-order valence-corrected chi connectivity index (χ3v) is 6.25. The standard InChI is InChI=1S/C16H26N2O3S/c1-13-12-14(21-5)6-7-15(13)22(19,20)18-10-8-17(9-11-18)16(2,3)4/h6-7,12H,8-11H2,1-5H3. The highest BCUT2D eigenvalue weighted by Gasteiger charge is 2.32. The maximum atomic E-state index is 12.8. The summed E-state index contributed by atoms with van der Waals surface area (Å²) in [5, 5.41) is 0. The van der Waals surface area contributed by atoms with Crippen LogP contribution in [0.3, 0.4) is 0 Å². The van der Waals surface area contributed by atoms with E-state index in [-0.39, 0.29) is 5.54 Å². The van der Waals surface area contributed by atoms with E-state index in [0.29, 0.717) is 23.7 Å². The van der Waals surface area contributed by atoms with Gasteiger partial charge in [-0.2, -0.15) is 4.31 Å². The van der Waals surface area contributed by atoms with Gasteiger partial charge in [-0.1, -0.05) is 0 Å².